The Labute approximate surface area is 98.4 Å². The van der Waals surface area contributed by atoms with Crippen molar-refractivity contribution in [1.29, 1.82) is 0 Å². The number of nitrogen functional groups attached to an aromatic ring is 1. The van der Waals surface area contributed by atoms with E-state index in [1.165, 1.54) is 0 Å². The summed E-state index contributed by atoms with van der Waals surface area (Å²) in [5.41, 5.74) is 6.81. The zero-order valence-corrected chi connectivity index (χ0v) is 9.89. The Morgan fingerprint density at radius 3 is 3.00 bits per heavy atom. The number of sulfone groups is 1. The largest absolute Gasteiger partial charge is 0.399 e. The SMILES string of the molecule is Nc1ccn2nc(C3CCCS3(=O)=O)nc2c1. The fraction of sp³-hybridized carbons (Fsp3) is 0.400. The smallest absolute Gasteiger partial charge is 0.169 e. The van der Waals surface area contributed by atoms with E-state index in [-0.39, 0.29) is 5.75 Å². The van der Waals surface area contributed by atoms with Gasteiger partial charge in [0.05, 0.1) is 5.75 Å². The molecule has 0 amide bonds. The summed E-state index contributed by atoms with van der Waals surface area (Å²) in [7, 11) is -3.07. The first-order valence-corrected chi connectivity index (χ1v) is 7.11. The molecule has 1 fully saturated rings. The van der Waals surface area contributed by atoms with Gasteiger partial charge in [0.25, 0.3) is 0 Å². The number of pyridine rings is 1. The van der Waals surface area contributed by atoms with Crippen molar-refractivity contribution in [1.82, 2.24) is 14.6 Å². The van der Waals surface area contributed by atoms with Crippen LogP contribution in [0.25, 0.3) is 5.65 Å². The molecule has 1 unspecified atom stereocenters. The molecule has 0 spiro atoms. The molecule has 2 aromatic rings. The second-order valence-electron chi connectivity index (χ2n) is 4.23. The molecule has 0 aliphatic carbocycles. The molecule has 6 nitrogen and oxygen atoms in total. The van der Waals surface area contributed by atoms with Crippen LogP contribution in [0.5, 0.6) is 0 Å². The lowest BCUT2D eigenvalue weighted by Crippen LogP contribution is -2.09. The first-order valence-electron chi connectivity index (χ1n) is 5.40. The Kier molecular flexibility index (Phi) is 2.12. The van der Waals surface area contributed by atoms with Gasteiger partial charge in [0, 0.05) is 18.0 Å². The summed E-state index contributed by atoms with van der Waals surface area (Å²) >= 11 is 0. The van der Waals surface area contributed by atoms with E-state index >= 15 is 0 Å². The maximum atomic E-state index is 11.8. The highest BCUT2D eigenvalue weighted by Gasteiger charge is 2.35. The van der Waals surface area contributed by atoms with Gasteiger partial charge in [-0.3, -0.25) is 0 Å². The predicted octanol–water partition coefficient (Wildman–Crippen LogP) is 0.561. The minimum Gasteiger partial charge on any atom is -0.399 e. The zero-order valence-electron chi connectivity index (χ0n) is 9.07. The van der Waals surface area contributed by atoms with Gasteiger partial charge in [-0.1, -0.05) is 0 Å². The van der Waals surface area contributed by atoms with E-state index < -0.39 is 15.1 Å². The molecule has 0 aromatic carbocycles. The van der Waals surface area contributed by atoms with Crippen LogP contribution in [-0.2, 0) is 9.84 Å². The first kappa shape index (κ1) is 10.5. The molecular formula is C10H12N4O2S. The van der Waals surface area contributed by atoms with Gasteiger partial charge in [-0.2, -0.15) is 0 Å². The third-order valence-electron chi connectivity index (χ3n) is 2.99. The predicted molar refractivity (Wildman–Crippen MR) is 63.2 cm³/mol. The summed E-state index contributed by atoms with van der Waals surface area (Å²) in [4.78, 5) is 4.24. The summed E-state index contributed by atoms with van der Waals surface area (Å²) in [5, 5.41) is 3.65. The van der Waals surface area contributed by atoms with E-state index in [1.807, 2.05) is 0 Å². The minimum atomic E-state index is -3.07. The van der Waals surface area contributed by atoms with Crippen LogP contribution >= 0.6 is 0 Å². The van der Waals surface area contributed by atoms with Crippen LogP contribution in [-0.4, -0.2) is 28.8 Å². The molecule has 1 atom stereocenters. The summed E-state index contributed by atoms with van der Waals surface area (Å²) in [6.45, 7) is 0. The lowest BCUT2D eigenvalue weighted by atomic mass is 10.2. The number of fused-ring (bicyclic) bond motifs is 1. The van der Waals surface area contributed by atoms with Crippen LogP contribution in [0.1, 0.15) is 23.9 Å². The molecule has 17 heavy (non-hydrogen) atoms. The molecule has 0 saturated carbocycles. The molecule has 0 bridgehead atoms. The van der Waals surface area contributed by atoms with E-state index in [4.69, 9.17) is 5.73 Å². The third-order valence-corrected chi connectivity index (χ3v) is 5.17. The maximum absolute atomic E-state index is 11.8. The number of nitrogens with zero attached hydrogens (tertiary/aromatic N) is 3. The van der Waals surface area contributed by atoms with Crippen LogP contribution < -0.4 is 5.73 Å². The zero-order chi connectivity index (χ0) is 12.0. The lowest BCUT2D eigenvalue weighted by Gasteiger charge is -2.02. The second kappa shape index (κ2) is 3.43. The maximum Gasteiger partial charge on any atom is 0.169 e. The van der Waals surface area contributed by atoms with Gasteiger partial charge in [0.1, 0.15) is 5.25 Å². The fourth-order valence-electron chi connectivity index (χ4n) is 2.13. The van der Waals surface area contributed by atoms with Crippen LogP contribution in [0.2, 0.25) is 0 Å². The molecule has 0 radical (unpaired) electrons. The monoisotopic (exact) mass is 252 g/mol. The molecule has 90 valence electrons. The number of anilines is 1. The summed E-state index contributed by atoms with van der Waals surface area (Å²) in [6, 6.07) is 3.38. The van der Waals surface area contributed by atoms with Gasteiger partial charge in [-0.15, -0.1) is 5.10 Å². The van der Waals surface area contributed by atoms with Gasteiger partial charge in [-0.25, -0.2) is 17.9 Å². The molecule has 3 heterocycles. The Hall–Kier alpha value is -1.63. The first-order chi connectivity index (χ1) is 8.06. The van der Waals surface area contributed by atoms with E-state index in [2.05, 4.69) is 10.1 Å². The quantitative estimate of drug-likeness (QED) is 0.801. The fourth-order valence-corrected chi connectivity index (χ4v) is 3.93. The number of rotatable bonds is 1. The van der Waals surface area contributed by atoms with E-state index in [0.717, 1.165) is 0 Å². The van der Waals surface area contributed by atoms with Gasteiger partial charge in [-0.05, 0) is 18.9 Å². The normalized spacial score (nSPS) is 23.2. The Morgan fingerprint density at radius 1 is 1.47 bits per heavy atom. The van der Waals surface area contributed by atoms with Crippen molar-refractivity contribution in [3.05, 3.63) is 24.2 Å². The molecular weight excluding hydrogens is 240 g/mol. The molecule has 3 rings (SSSR count). The summed E-state index contributed by atoms with van der Waals surface area (Å²) in [5.74, 6) is 0.614. The Balaban J connectivity index is 2.12. The molecule has 1 aliphatic rings. The highest BCUT2D eigenvalue weighted by Crippen LogP contribution is 2.32. The van der Waals surface area contributed by atoms with Crippen LogP contribution in [0.15, 0.2) is 18.3 Å². The number of hydrogen-bond donors (Lipinski definition) is 1. The summed E-state index contributed by atoms with van der Waals surface area (Å²) < 4.78 is 25.1. The average molecular weight is 252 g/mol. The van der Waals surface area contributed by atoms with Gasteiger partial charge < -0.3 is 5.73 Å². The van der Waals surface area contributed by atoms with Crippen molar-refractivity contribution in [2.45, 2.75) is 18.1 Å². The Morgan fingerprint density at radius 2 is 2.29 bits per heavy atom. The average Bonchev–Trinajstić information content (AvgIpc) is 2.79. The van der Waals surface area contributed by atoms with Gasteiger partial charge in [0.2, 0.25) is 0 Å². The van der Waals surface area contributed by atoms with Gasteiger partial charge >= 0.3 is 0 Å². The second-order valence-corrected chi connectivity index (χ2v) is 6.53. The Bertz CT molecular complexity index is 677. The van der Waals surface area contributed by atoms with Crippen molar-refractivity contribution in [2.75, 3.05) is 11.5 Å². The van der Waals surface area contributed by atoms with Crippen molar-refractivity contribution >= 4 is 21.2 Å². The van der Waals surface area contributed by atoms with Crippen LogP contribution in [0, 0.1) is 0 Å². The van der Waals surface area contributed by atoms with Crippen molar-refractivity contribution in [3.63, 3.8) is 0 Å². The molecule has 2 N–H and O–H groups in total. The highest BCUT2D eigenvalue weighted by molar-refractivity contribution is 7.91. The third kappa shape index (κ3) is 1.66. The standard InChI is InChI=1S/C10H12N4O2S/c11-7-3-4-14-9(6-7)12-10(13-14)8-2-1-5-17(8,15)16/h3-4,6,8H,1-2,5,11H2. The van der Waals surface area contributed by atoms with E-state index in [9.17, 15) is 8.42 Å². The lowest BCUT2D eigenvalue weighted by molar-refractivity contribution is 0.588. The minimum absolute atomic E-state index is 0.232. The summed E-state index contributed by atoms with van der Waals surface area (Å²) in [6.07, 6.45) is 2.97. The van der Waals surface area contributed by atoms with E-state index in [1.54, 1.807) is 22.8 Å². The van der Waals surface area contributed by atoms with Crippen molar-refractivity contribution < 1.29 is 8.42 Å². The number of hydrogen-bond acceptors (Lipinski definition) is 5. The van der Waals surface area contributed by atoms with Gasteiger partial charge in [0.15, 0.2) is 21.3 Å². The molecule has 2 aromatic heterocycles. The number of nitrogens with two attached hydrogens (primary N) is 1. The van der Waals surface area contributed by atoms with Crippen LogP contribution in [0.4, 0.5) is 5.69 Å². The van der Waals surface area contributed by atoms with Crippen molar-refractivity contribution in [3.8, 4) is 0 Å². The topological polar surface area (TPSA) is 90.4 Å². The molecule has 7 heteroatoms. The van der Waals surface area contributed by atoms with Crippen LogP contribution in [0.3, 0.4) is 0 Å². The number of aromatic nitrogens is 3. The molecule has 1 saturated heterocycles. The molecule has 1 aliphatic heterocycles. The van der Waals surface area contributed by atoms with Crippen molar-refractivity contribution in [2.24, 2.45) is 0 Å². The van der Waals surface area contributed by atoms with E-state index in [0.29, 0.717) is 30.0 Å². The highest BCUT2D eigenvalue weighted by atomic mass is 32.2.